The van der Waals surface area contributed by atoms with Crippen molar-refractivity contribution in [3.63, 3.8) is 0 Å². The Morgan fingerprint density at radius 3 is 2.81 bits per heavy atom. The van der Waals surface area contributed by atoms with Crippen molar-refractivity contribution in [2.45, 2.75) is 19.9 Å². The van der Waals surface area contributed by atoms with Crippen molar-refractivity contribution >= 4 is 11.3 Å². The first kappa shape index (κ1) is 13.6. The standard InChI is InChI=1S/C12H22N2OS/c1-3-14(7-8-15-4-2)11(10-13)12-6-5-9-16-12/h5-6,9,11H,3-4,7-8,10,13H2,1-2H3. The average Bonchev–Trinajstić information content (AvgIpc) is 2.82. The van der Waals surface area contributed by atoms with Crippen LogP contribution in [-0.4, -0.2) is 37.7 Å². The number of likely N-dealkylation sites (N-methyl/N-ethyl adjacent to an activating group) is 1. The van der Waals surface area contributed by atoms with E-state index in [4.69, 9.17) is 10.5 Å². The van der Waals surface area contributed by atoms with Crippen LogP contribution in [0.1, 0.15) is 24.8 Å². The maximum atomic E-state index is 5.87. The van der Waals surface area contributed by atoms with Crippen molar-refractivity contribution in [3.05, 3.63) is 22.4 Å². The number of hydrogen-bond donors (Lipinski definition) is 1. The van der Waals surface area contributed by atoms with Crippen LogP contribution in [0.4, 0.5) is 0 Å². The topological polar surface area (TPSA) is 38.5 Å². The molecule has 0 fully saturated rings. The molecule has 0 saturated heterocycles. The fourth-order valence-electron chi connectivity index (χ4n) is 1.79. The third-order valence-corrected chi connectivity index (χ3v) is 3.64. The summed E-state index contributed by atoms with van der Waals surface area (Å²) in [6, 6.07) is 4.58. The van der Waals surface area contributed by atoms with Gasteiger partial charge in [-0.3, -0.25) is 4.90 Å². The van der Waals surface area contributed by atoms with E-state index in [0.717, 1.165) is 26.3 Å². The molecule has 92 valence electrons. The second-order valence-corrected chi connectivity index (χ2v) is 4.57. The van der Waals surface area contributed by atoms with Crippen LogP contribution >= 0.6 is 11.3 Å². The van der Waals surface area contributed by atoms with Crippen molar-refractivity contribution < 1.29 is 4.74 Å². The highest BCUT2D eigenvalue weighted by Crippen LogP contribution is 2.23. The van der Waals surface area contributed by atoms with Crippen LogP contribution < -0.4 is 5.73 Å². The average molecular weight is 242 g/mol. The largest absolute Gasteiger partial charge is 0.380 e. The third-order valence-electron chi connectivity index (χ3n) is 2.67. The zero-order chi connectivity index (χ0) is 11.8. The van der Waals surface area contributed by atoms with Gasteiger partial charge in [0, 0.05) is 24.6 Å². The smallest absolute Gasteiger partial charge is 0.0593 e. The summed E-state index contributed by atoms with van der Waals surface area (Å²) in [7, 11) is 0. The van der Waals surface area contributed by atoms with Gasteiger partial charge in [0.05, 0.1) is 12.6 Å². The van der Waals surface area contributed by atoms with Crippen molar-refractivity contribution in [1.29, 1.82) is 0 Å². The van der Waals surface area contributed by atoms with E-state index >= 15 is 0 Å². The van der Waals surface area contributed by atoms with E-state index in [2.05, 4.69) is 29.3 Å². The normalized spacial score (nSPS) is 13.2. The van der Waals surface area contributed by atoms with Crippen LogP contribution in [0.15, 0.2) is 17.5 Å². The summed E-state index contributed by atoms with van der Waals surface area (Å²) in [6.45, 7) is 8.38. The van der Waals surface area contributed by atoms with Crippen LogP contribution in [0.25, 0.3) is 0 Å². The van der Waals surface area contributed by atoms with E-state index < -0.39 is 0 Å². The number of nitrogens with zero attached hydrogens (tertiary/aromatic N) is 1. The van der Waals surface area contributed by atoms with E-state index in [-0.39, 0.29) is 0 Å². The van der Waals surface area contributed by atoms with E-state index in [1.807, 2.05) is 6.92 Å². The maximum Gasteiger partial charge on any atom is 0.0593 e. The van der Waals surface area contributed by atoms with Gasteiger partial charge in [0.2, 0.25) is 0 Å². The van der Waals surface area contributed by atoms with Gasteiger partial charge in [-0.25, -0.2) is 0 Å². The molecule has 0 saturated carbocycles. The summed E-state index contributed by atoms with van der Waals surface area (Å²) in [5.74, 6) is 0. The molecule has 3 nitrogen and oxygen atoms in total. The first-order chi connectivity index (χ1) is 7.83. The molecule has 0 aliphatic heterocycles. The Hall–Kier alpha value is -0.420. The van der Waals surface area contributed by atoms with Crippen LogP contribution in [0.3, 0.4) is 0 Å². The molecule has 0 spiro atoms. The summed E-state index contributed by atoms with van der Waals surface area (Å²) < 4.78 is 5.40. The summed E-state index contributed by atoms with van der Waals surface area (Å²) in [6.07, 6.45) is 0. The highest BCUT2D eigenvalue weighted by Gasteiger charge is 2.17. The molecule has 1 rings (SSSR count). The summed E-state index contributed by atoms with van der Waals surface area (Å²) >= 11 is 1.78. The number of ether oxygens (including phenoxy) is 1. The van der Waals surface area contributed by atoms with Crippen LogP contribution in [0, 0.1) is 0 Å². The maximum absolute atomic E-state index is 5.87. The molecule has 0 aliphatic carbocycles. The lowest BCUT2D eigenvalue weighted by Crippen LogP contribution is -2.35. The molecule has 0 aliphatic rings. The minimum Gasteiger partial charge on any atom is -0.380 e. The number of nitrogens with two attached hydrogens (primary N) is 1. The Morgan fingerprint density at radius 1 is 1.50 bits per heavy atom. The Balaban J connectivity index is 2.54. The van der Waals surface area contributed by atoms with Crippen LogP contribution in [0.2, 0.25) is 0 Å². The second-order valence-electron chi connectivity index (χ2n) is 3.59. The number of thiophene rings is 1. The predicted molar refractivity (Wildman–Crippen MR) is 69.9 cm³/mol. The lowest BCUT2D eigenvalue weighted by molar-refractivity contribution is 0.0988. The zero-order valence-electron chi connectivity index (χ0n) is 10.2. The first-order valence-electron chi connectivity index (χ1n) is 5.88. The van der Waals surface area contributed by atoms with Crippen LogP contribution in [0.5, 0.6) is 0 Å². The SMILES string of the molecule is CCOCCN(CC)C(CN)c1cccs1. The van der Waals surface area contributed by atoms with Gasteiger partial charge in [-0.1, -0.05) is 13.0 Å². The van der Waals surface area contributed by atoms with Gasteiger partial charge in [0.25, 0.3) is 0 Å². The Labute approximate surface area is 102 Å². The monoisotopic (exact) mass is 242 g/mol. The minimum absolute atomic E-state index is 0.338. The molecule has 1 aromatic rings. The van der Waals surface area contributed by atoms with E-state index in [9.17, 15) is 0 Å². The number of hydrogen-bond acceptors (Lipinski definition) is 4. The van der Waals surface area contributed by atoms with Gasteiger partial charge in [0.1, 0.15) is 0 Å². The zero-order valence-corrected chi connectivity index (χ0v) is 11.0. The highest BCUT2D eigenvalue weighted by atomic mass is 32.1. The van der Waals surface area contributed by atoms with Crippen LogP contribution in [-0.2, 0) is 4.74 Å². The Morgan fingerprint density at radius 2 is 2.31 bits per heavy atom. The molecule has 0 radical (unpaired) electrons. The van der Waals surface area contributed by atoms with Gasteiger partial charge in [-0.2, -0.15) is 0 Å². The molecule has 4 heteroatoms. The molecule has 1 aromatic heterocycles. The molecule has 1 heterocycles. The van der Waals surface area contributed by atoms with Gasteiger partial charge < -0.3 is 10.5 Å². The van der Waals surface area contributed by atoms with Crippen molar-refractivity contribution in [3.8, 4) is 0 Å². The number of rotatable bonds is 8. The summed E-state index contributed by atoms with van der Waals surface area (Å²) in [5, 5.41) is 2.11. The molecule has 1 atom stereocenters. The fraction of sp³-hybridized carbons (Fsp3) is 0.667. The quantitative estimate of drug-likeness (QED) is 0.710. The molecule has 0 bridgehead atoms. The Kier molecular flexibility index (Phi) is 6.64. The lowest BCUT2D eigenvalue weighted by atomic mass is 10.2. The van der Waals surface area contributed by atoms with Gasteiger partial charge in [0.15, 0.2) is 0 Å². The van der Waals surface area contributed by atoms with Crippen molar-refractivity contribution in [1.82, 2.24) is 4.90 Å². The third kappa shape index (κ3) is 3.87. The predicted octanol–water partition coefficient (Wildman–Crippen LogP) is 2.11. The van der Waals surface area contributed by atoms with Gasteiger partial charge in [-0.05, 0) is 24.9 Å². The fourth-order valence-corrected chi connectivity index (χ4v) is 2.66. The Bertz CT molecular complexity index is 264. The molecule has 1 unspecified atom stereocenters. The first-order valence-corrected chi connectivity index (χ1v) is 6.76. The van der Waals surface area contributed by atoms with Crippen molar-refractivity contribution in [2.75, 3.05) is 32.8 Å². The van der Waals surface area contributed by atoms with Crippen molar-refractivity contribution in [2.24, 2.45) is 5.73 Å². The van der Waals surface area contributed by atoms with E-state index in [1.54, 1.807) is 11.3 Å². The van der Waals surface area contributed by atoms with E-state index in [1.165, 1.54) is 4.88 Å². The molecule has 0 amide bonds. The second kappa shape index (κ2) is 7.79. The lowest BCUT2D eigenvalue weighted by Gasteiger charge is -2.28. The highest BCUT2D eigenvalue weighted by molar-refractivity contribution is 7.10. The van der Waals surface area contributed by atoms with E-state index in [0.29, 0.717) is 12.6 Å². The minimum atomic E-state index is 0.338. The molecule has 16 heavy (non-hydrogen) atoms. The molecular weight excluding hydrogens is 220 g/mol. The molecule has 0 aromatic carbocycles. The van der Waals surface area contributed by atoms with Gasteiger partial charge in [-0.15, -0.1) is 11.3 Å². The summed E-state index contributed by atoms with van der Waals surface area (Å²) in [4.78, 5) is 3.72. The van der Waals surface area contributed by atoms with Gasteiger partial charge >= 0.3 is 0 Å². The molecular formula is C12H22N2OS. The molecule has 2 N–H and O–H groups in total. The summed E-state index contributed by atoms with van der Waals surface area (Å²) in [5.41, 5.74) is 5.87.